The zero-order valence-corrected chi connectivity index (χ0v) is 21.2. The Bertz CT molecular complexity index is 1150. The van der Waals surface area contributed by atoms with Gasteiger partial charge in [-0.15, -0.1) is 0 Å². The quantitative estimate of drug-likeness (QED) is 0.510. The maximum atomic E-state index is 14.7. The standard InChI is InChI=1S/C29H32ClFN2O2/c1-29(2,3)20-12-7-13-21(18-20)32-27(34)22-14-9-17-33(26(22)19-10-5-4-6-11-19)28(35)25-23(30)15-8-16-24(25)31/h4-8,10,12-13,15-16,18-19,22,26H,9,11,14,17H2,1-3H3,(H,32,34)/t19?,22?,26-/m0/s1. The van der Waals surface area contributed by atoms with Gasteiger partial charge in [-0.1, -0.05) is 74.9 Å². The van der Waals surface area contributed by atoms with E-state index >= 15 is 0 Å². The fraction of sp³-hybridized carbons (Fsp3) is 0.379. The highest BCUT2D eigenvalue weighted by molar-refractivity contribution is 6.33. The molecule has 4 rings (SSSR count). The highest BCUT2D eigenvalue weighted by atomic mass is 35.5. The van der Waals surface area contributed by atoms with Crippen LogP contribution in [-0.4, -0.2) is 29.3 Å². The maximum absolute atomic E-state index is 14.7. The highest BCUT2D eigenvalue weighted by Gasteiger charge is 2.43. The van der Waals surface area contributed by atoms with Crippen LogP contribution in [0, 0.1) is 17.7 Å². The van der Waals surface area contributed by atoms with Crippen LogP contribution < -0.4 is 5.32 Å². The van der Waals surface area contributed by atoms with Gasteiger partial charge in [0.05, 0.1) is 22.5 Å². The van der Waals surface area contributed by atoms with E-state index in [2.05, 4.69) is 32.2 Å². The van der Waals surface area contributed by atoms with Gasteiger partial charge in [-0.2, -0.15) is 0 Å². The van der Waals surface area contributed by atoms with E-state index in [-0.39, 0.29) is 27.8 Å². The second-order valence-corrected chi connectivity index (χ2v) is 10.8. The zero-order valence-electron chi connectivity index (χ0n) is 20.4. The number of amides is 2. The van der Waals surface area contributed by atoms with Gasteiger partial charge < -0.3 is 10.2 Å². The van der Waals surface area contributed by atoms with Gasteiger partial charge in [-0.05, 0) is 54.5 Å². The molecule has 1 fully saturated rings. The van der Waals surface area contributed by atoms with E-state index in [4.69, 9.17) is 11.6 Å². The third-order valence-corrected chi connectivity index (χ3v) is 7.22. The Hall–Kier alpha value is -2.92. The van der Waals surface area contributed by atoms with Gasteiger partial charge in [0, 0.05) is 18.2 Å². The summed E-state index contributed by atoms with van der Waals surface area (Å²) < 4.78 is 14.7. The molecule has 1 saturated heterocycles. The van der Waals surface area contributed by atoms with Crippen molar-refractivity contribution in [3.63, 3.8) is 0 Å². The number of allylic oxidation sites excluding steroid dienone is 3. The van der Waals surface area contributed by atoms with Crippen molar-refractivity contribution < 1.29 is 14.0 Å². The highest BCUT2D eigenvalue weighted by Crippen LogP contribution is 2.36. The number of rotatable bonds is 4. The van der Waals surface area contributed by atoms with Crippen molar-refractivity contribution in [2.75, 3.05) is 11.9 Å². The van der Waals surface area contributed by atoms with E-state index in [9.17, 15) is 14.0 Å². The molecule has 2 aliphatic rings. The molecule has 35 heavy (non-hydrogen) atoms. The van der Waals surface area contributed by atoms with Crippen molar-refractivity contribution in [3.8, 4) is 0 Å². The minimum absolute atomic E-state index is 0.0461. The van der Waals surface area contributed by atoms with Gasteiger partial charge >= 0.3 is 0 Å². The molecule has 2 aromatic rings. The minimum atomic E-state index is -0.647. The Kier molecular flexibility index (Phi) is 7.46. The SMILES string of the molecule is CC(C)(C)c1cccc(NC(=O)C2CCCN(C(=O)c3c(F)cccc3Cl)[C@H]2C2C=CC=CC2)c1. The molecule has 0 saturated carbocycles. The number of piperidine rings is 1. The monoisotopic (exact) mass is 494 g/mol. The first-order valence-electron chi connectivity index (χ1n) is 12.2. The third-order valence-electron chi connectivity index (χ3n) is 6.91. The van der Waals surface area contributed by atoms with Crippen LogP contribution in [0.15, 0.2) is 66.8 Å². The molecule has 3 atom stereocenters. The molecular weight excluding hydrogens is 463 g/mol. The van der Waals surface area contributed by atoms with Crippen LogP contribution >= 0.6 is 11.6 Å². The third kappa shape index (κ3) is 5.51. The number of hydrogen-bond acceptors (Lipinski definition) is 2. The van der Waals surface area contributed by atoms with Crippen molar-refractivity contribution in [1.82, 2.24) is 4.90 Å². The number of benzene rings is 2. The molecule has 0 spiro atoms. The molecule has 1 heterocycles. The summed E-state index contributed by atoms with van der Waals surface area (Å²) in [5.41, 5.74) is 1.69. The van der Waals surface area contributed by atoms with Gasteiger partial charge in [-0.3, -0.25) is 9.59 Å². The molecule has 2 unspecified atom stereocenters. The van der Waals surface area contributed by atoms with Crippen LogP contribution in [0.2, 0.25) is 5.02 Å². The summed E-state index contributed by atoms with van der Waals surface area (Å²) in [4.78, 5) is 28.9. The van der Waals surface area contributed by atoms with Gasteiger partial charge in [0.25, 0.3) is 5.91 Å². The summed E-state index contributed by atoms with van der Waals surface area (Å²) in [6, 6.07) is 11.7. The Morgan fingerprint density at radius 3 is 2.57 bits per heavy atom. The lowest BCUT2D eigenvalue weighted by Crippen LogP contribution is -2.55. The second-order valence-electron chi connectivity index (χ2n) is 10.4. The maximum Gasteiger partial charge on any atom is 0.258 e. The molecule has 184 valence electrons. The Labute approximate surface area is 211 Å². The predicted octanol–water partition coefficient (Wildman–Crippen LogP) is 6.77. The number of anilines is 1. The molecule has 1 aliphatic carbocycles. The van der Waals surface area contributed by atoms with Gasteiger partial charge in [0.2, 0.25) is 5.91 Å². The summed E-state index contributed by atoms with van der Waals surface area (Å²) in [5, 5.41) is 3.18. The van der Waals surface area contributed by atoms with Gasteiger partial charge in [-0.25, -0.2) is 4.39 Å². The molecule has 1 aliphatic heterocycles. The lowest BCUT2D eigenvalue weighted by atomic mass is 9.77. The smallest absolute Gasteiger partial charge is 0.258 e. The van der Waals surface area contributed by atoms with Crippen molar-refractivity contribution in [2.24, 2.45) is 11.8 Å². The van der Waals surface area contributed by atoms with Gasteiger partial charge in [0.1, 0.15) is 5.82 Å². The minimum Gasteiger partial charge on any atom is -0.334 e. The summed E-state index contributed by atoms with van der Waals surface area (Å²) >= 11 is 6.24. The number of nitrogens with zero attached hydrogens (tertiary/aromatic N) is 1. The number of carbonyl (C=O) groups excluding carboxylic acids is 2. The number of likely N-dealkylation sites (tertiary alicyclic amines) is 1. The van der Waals surface area contributed by atoms with E-state index in [0.29, 0.717) is 25.8 Å². The first-order chi connectivity index (χ1) is 16.7. The zero-order chi connectivity index (χ0) is 25.2. The number of carbonyl (C=O) groups is 2. The first-order valence-corrected chi connectivity index (χ1v) is 12.5. The van der Waals surface area contributed by atoms with E-state index in [0.717, 1.165) is 11.3 Å². The Morgan fingerprint density at radius 1 is 1.11 bits per heavy atom. The molecule has 2 amide bonds. The first kappa shape index (κ1) is 25.2. The van der Waals surface area contributed by atoms with Crippen LogP contribution in [0.1, 0.15) is 56.0 Å². The van der Waals surface area contributed by atoms with Crippen LogP contribution in [0.4, 0.5) is 10.1 Å². The summed E-state index contributed by atoms with van der Waals surface area (Å²) in [7, 11) is 0. The number of hydrogen-bond donors (Lipinski definition) is 1. The molecule has 6 heteroatoms. The van der Waals surface area contributed by atoms with E-state index < -0.39 is 23.7 Å². The van der Waals surface area contributed by atoms with Crippen LogP contribution in [0.3, 0.4) is 0 Å². The lowest BCUT2D eigenvalue weighted by molar-refractivity contribution is -0.123. The molecule has 2 aromatic carbocycles. The van der Waals surface area contributed by atoms with Crippen LogP contribution in [0.25, 0.3) is 0 Å². The van der Waals surface area contributed by atoms with E-state index in [1.54, 1.807) is 4.90 Å². The van der Waals surface area contributed by atoms with Crippen molar-refractivity contribution in [1.29, 1.82) is 0 Å². The Balaban J connectivity index is 1.65. The molecule has 0 bridgehead atoms. The molecular formula is C29H32ClFN2O2. The topological polar surface area (TPSA) is 49.4 Å². The Morgan fingerprint density at radius 2 is 1.89 bits per heavy atom. The van der Waals surface area contributed by atoms with E-state index in [1.807, 2.05) is 42.5 Å². The van der Waals surface area contributed by atoms with Crippen molar-refractivity contribution in [2.45, 2.75) is 51.5 Å². The summed E-state index contributed by atoms with van der Waals surface area (Å²) in [6.07, 6.45) is 10.0. The summed E-state index contributed by atoms with van der Waals surface area (Å²) in [5.74, 6) is -1.72. The fourth-order valence-electron chi connectivity index (χ4n) is 5.07. The number of nitrogens with one attached hydrogen (secondary N) is 1. The van der Waals surface area contributed by atoms with E-state index in [1.165, 1.54) is 18.2 Å². The second kappa shape index (κ2) is 10.4. The van der Waals surface area contributed by atoms with Crippen LogP contribution in [0.5, 0.6) is 0 Å². The molecule has 1 N–H and O–H groups in total. The normalized spacial score (nSPS) is 22.2. The van der Waals surface area contributed by atoms with Gasteiger partial charge in [0.15, 0.2) is 0 Å². The molecule has 4 nitrogen and oxygen atoms in total. The summed E-state index contributed by atoms with van der Waals surface area (Å²) in [6.45, 7) is 6.84. The van der Waals surface area contributed by atoms with Crippen molar-refractivity contribution >= 4 is 29.1 Å². The van der Waals surface area contributed by atoms with Crippen LogP contribution in [-0.2, 0) is 10.2 Å². The number of halogens is 2. The predicted molar refractivity (Wildman–Crippen MR) is 139 cm³/mol. The fourth-order valence-corrected chi connectivity index (χ4v) is 5.31. The molecule has 0 radical (unpaired) electrons. The molecule has 0 aromatic heterocycles. The van der Waals surface area contributed by atoms with Crippen molar-refractivity contribution in [3.05, 3.63) is 88.7 Å². The average Bonchev–Trinajstić information content (AvgIpc) is 2.83. The lowest BCUT2D eigenvalue weighted by Gasteiger charge is -2.44. The largest absolute Gasteiger partial charge is 0.334 e. The average molecular weight is 495 g/mol.